The number of nitro groups is 1. The zero-order chi connectivity index (χ0) is 19.6. The highest BCUT2D eigenvalue weighted by Gasteiger charge is 2.25. The van der Waals surface area contributed by atoms with Crippen LogP contribution in [0, 0.1) is 24.0 Å². The number of anilines is 1. The van der Waals surface area contributed by atoms with Gasteiger partial charge in [-0.25, -0.2) is 0 Å². The molecule has 2 aromatic rings. The van der Waals surface area contributed by atoms with Gasteiger partial charge < -0.3 is 14.4 Å². The van der Waals surface area contributed by atoms with Gasteiger partial charge >= 0.3 is 0 Å². The van der Waals surface area contributed by atoms with E-state index in [2.05, 4.69) is 16.4 Å². The average molecular weight is 371 g/mol. The number of Topliss-reactive ketones (excluding diaryl/α,β-unsaturated/α-hetero) is 1. The summed E-state index contributed by atoms with van der Waals surface area (Å²) in [5, 5.41) is 10.8. The molecule has 1 aliphatic rings. The first-order chi connectivity index (χ1) is 12.9. The van der Waals surface area contributed by atoms with Crippen LogP contribution in [-0.4, -0.2) is 48.0 Å². The number of aryl methyl sites for hydroxylation is 1. The fraction of sp³-hybridized carbons (Fsp3) is 0.450. The lowest BCUT2D eigenvalue weighted by Gasteiger charge is -2.33. The number of carbonyl (C=O) groups excluding carboxylic acids is 1. The van der Waals surface area contributed by atoms with Crippen LogP contribution < -0.4 is 9.80 Å². The Labute approximate surface area is 159 Å². The Morgan fingerprint density at radius 1 is 1.19 bits per heavy atom. The van der Waals surface area contributed by atoms with Crippen LogP contribution in [0.2, 0.25) is 0 Å². The van der Waals surface area contributed by atoms with Gasteiger partial charge in [0.05, 0.1) is 31.1 Å². The lowest BCUT2D eigenvalue weighted by atomic mass is 10.1. The van der Waals surface area contributed by atoms with E-state index >= 15 is 0 Å². The molecule has 0 unspecified atom stereocenters. The predicted octanol–water partition coefficient (Wildman–Crippen LogP) is 1.62. The molecule has 1 saturated heterocycles. The molecule has 7 heteroatoms. The summed E-state index contributed by atoms with van der Waals surface area (Å²) in [5.41, 5.74) is 4.15. The molecule has 0 amide bonds. The molecule has 0 bridgehead atoms. The highest BCUT2D eigenvalue weighted by molar-refractivity contribution is 5.98. The maximum absolute atomic E-state index is 12.8. The maximum atomic E-state index is 12.8. The van der Waals surface area contributed by atoms with Gasteiger partial charge in [0, 0.05) is 41.3 Å². The molecule has 2 heterocycles. The normalized spacial score (nSPS) is 15.1. The number of nitrogens with one attached hydrogen (secondary N) is 1. The van der Waals surface area contributed by atoms with Crippen molar-refractivity contribution < 1.29 is 14.6 Å². The largest absolute Gasteiger partial charge is 0.360 e. The predicted molar refractivity (Wildman–Crippen MR) is 105 cm³/mol. The number of nitro benzene ring substituents is 1. The minimum Gasteiger partial charge on any atom is -0.360 e. The fourth-order valence-electron chi connectivity index (χ4n) is 3.94. The van der Waals surface area contributed by atoms with Gasteiger partial charge in [-0.05, 0) is 39.0 Å². The third-order valence-electron chi connectivity index (χ3n) is 5.50. The Hall–Kier alpha value is -2.67. The van der Waals surface area contributed by atoms with Crippen LogP contribution in [0.15, 0.2) is 30.3 Å². The molecular formula is C20H27N4O3+. The molecule has 3 rings (SSSR count). The van der Waals surface area contributed by atoms with E-state index in [1.54, 1.807) is 24.3 Å². The summed E-state index contributed by atoms with van der Waals surface area (Å²) >= 11 is 0. The van der Waals surface area contributed by atoms with Crippen molar-refractivity contribution in [3.05, 3.63) is 57.4 Å². The Kier molecular flexibility index (Phi) is 5.60. The van der Waals surface area contributed by atoms with Crippen molar-refractivity contribution in [3.8, 4) is 0 Å². The first-order valence-corrected chi connectivity index (χ1v) is 9.43. The SMILES string of the molecule is CCn1c(C)cc(C(=O)C[NH+]2CCN(c3ccc([N+](=O)[O-])cc3)CC2)c1C. The number of nitrogens with zero attached hydrogens (tertiary/aromatic N) is 3. The molecule has 27 heavy (non-hydrogen) atoms. The van der Waals surface area contributed by atoms with E-state index in [4.69, 9.17) is 0 Å². The number of hydrogen-bond acceptors (Lipinski definition) is 4. The third kappa shape index (κ3) is 4.03. The second-order valence-corrected chi connectivity index (χ2v) is 7.14. The molecule has 0 saturated carbocycles. The second kappa shape index (κ2) is 7.92. The van der Waals surface area contributed by atoms with Gasteiger partial charge in [0.15, 0.2) is 0 Å². The number of rotatable bonds is 6. The lowest BCUT2D eigenvalue weighted by Crippen LogP contribution is -3.15. The minimum atomic E-state index is -0.382. The molecule has 7 nitrogen and oxygen atoms in total. The lowest BCUT2D eigenvalue weighted by molar-refractivity contribution is -0.892. The van der Waals surface area contributed by atoms with Crippen LogP contribution in [0.3, 0.4) is 0 Å². The van der Waals surface area contributed by atoms with Crippen LogP contribution in [0.1, 0.15) is 28.7 Å². The number of benzene rings is 1. The maximum Gasteiger partial charge on any atom is 0.269 e. The monoisotopic (exact) mass is 371 g/mol. The van der Waals surface area contributed by atoms with Gasteiger partial charge in [0.1, 0.15) is 6.54 Å². The topological polar surface area (TPSA) is 72.8 Å². The standard InChI is InChI=1S/C20H26N4O3/c1-4-23-15(2)13-19(16(23)3)20(25)14-21-9-11-22(12-10-21)17-5-7-18(8-6-17)24(26)27/h5-8,13H,4,9-12,14H2,1-3H3/p+1. The molecule has 1 fully saturated rings. The molecule has 0 spiro atoms. The number of non-ortho nitro benzene ring substituents is 1. The molecule has 0 atom stereocenters. The van der Waals surface area contributed by atoms with Gasteiger partial charge in [-0.2, -0.15) is 0 Å². The molecular weight excluding hydrogens is 344 g/mol. The van der Waals surface area contributed by atoms with E-state index in [-0.39, 0.29) is 16.4 Å². The van der Waals surface area contributed by atoms with Crippen LogP contribution >= 0.6 is 0 Å². The summed E-state index contributed by atoms with van der Waals surface area (Å²) in [4.78, 5) is 26.7. The smallest absolute Gasteiger partial charge is 0.269 e. The van der Waals surface area contributed by atoms with Crippen molar-refractivity contribution >= 4 is 17.2 Å². The zero-order valence-corrected chi connectivity index (χ0v) is 16.2. The van der Waals surface area contributed by atoms with Gasteiger partial charge in [-0.1, -0.05) is 0 Å². The van der Waals surface area contributed by atoms with Crippen LogP contribution in [0.25, 0.3) is 0 Å². The van der Waals surface area contributed by atoms with Gasteiger partial charge in [-0.3, -0.25) is 14.9 Å². The highest BCUT2D eigenvalue weighted by atomic mass is 16.6. The van der Waals surface area contributed by atoms with E-state index < -0.39 is 0 Å². The van der Waals surface area contributed by atoms with E-state index in [9.17, 15) is 14.9 Å². The first kappa shape index (κ1) is 19.1. The van der Waals surface area contributed by atoms with Crippen LogP contribution in [0.5, 0.6) is 0 Å². The number of hydrogen-bond donors (Lipinski definition) is 1. The van der Waals surface area contributed by atoms with Crippen molar-refractivity contribution in [1.82, 2.24) is 4.57 Å². The van der Waals surface area contributed by atoms with Crippen molar-refractivity contribution in [2.75, 3.05) is 37.6 Å². The Balaban J connectivity index is 1.58. The molecule has 1 N–H and O–H groups in total. The Bertz CT molecular complexity index is 834. The molecule has 0 radical (unpaired) electrons. The summed E-state index contributed by atoms with van der Waals surface area (Å²) in [7, 11) is 0. The fourth-order valence-corrected chi connectivity index (χ4v) is 3.94. The Morgan fingerprint density at radius 2 is 1.81 bits per heavy atom. The van der Waals surface area contributed by atoms with Crippen molar-refractivity contribution in [2.24, 2.45) is 0 Å². The summed E-state index contributed by atoms with van der Waals surface area (Å²) in [5.74, 6) is 0.210. The van der Waals surface area contributed by atoms with E-state index in [0.717, 1.165) is 55.4 Å². The first-order valence-electron chi connectivity index (χ1n) is 9.43. The molecule has 1 aromatic carbocycles. The van der Waals surface area contributed by atoms with Crippen molar-refractivity contribution in [2.45, 2.75) is 27.3 Å². The average Bonchev–Trinajstić information content (AvgIpc) is 2.96. The molecule has 144 valence electrons. The van der Waals surface area contributed by atoms with Crippen LogP contribution in [0.4, 0.5) is 11.4 Å². The minimum absolute atomic E-state index is 0.110. The highest BCUT2D eigenvalue weighted by Crippen LogP contribution is 2.19. The summed E-state index contributed by atoms with van der Waals surface area (Å²) in [6.07, 6.45) is 0. The number of piperazine rings is 1. The number of carbonyl (C=O) groups is 1. The van der Waals surface area contributed by atoms with E-state index in [0.29, 0.717) is 6.54 Å². The second-order valence-electron chi connectivity index (χ2n) is 7.14. The number of ketones is 1. The van der Waals surface area contributed by atoms with Crippen molar-refractivity contribution in [1.29, 1.82) is 0 Å². The van der Waals surface area contributed by atoms with Gasteiger partial charge in [0.25, 0.3) is 5.69 Å². The van der Waals surface area contributed by atoms with Gasteiger partial charge in [-0.15, -0.1) is 0 Å². The molecule has 1 aromatic heterocycles. The summed E-state index contributed by atoms with van der Waals surface area (Å²) in [6.45, 7) is 11.0. The number of quaternary nitrogens is 1. The molecule has 0 aliphatic carbocycles. The zero-order valence-electron chi connectivity index (χ0n) is 16.2. The van der Waals surface area contributed by atoms with Gasteiger partial charge in [0.2, 0.25) is 5.78 Å². The van der Waals surface area contributed by atoms with Crippen molar-refractivity contribution in [3.63, 3.8) is 0 Å². The van der Waals surface area contributed by atoms with E-state index in [1.165, 1.54) is 4.90 Å². The quantitative estimate of drug-likeness (QED) is 0.476. The Morgan fingerprint density at radius 3 is 2.33 bits per heavy atom. The van der Waals surface area contributed by atoms with Crippen LogP contribution in [-0.2, 0) is 6.54 Å². The number of aromatic nitrogens is 1. The van der Waals surface area contributed by atoms with E-state index in [1.807, 2.05) is 19.9 Å². The summed E-state index contributed by atoms with van der Waals surface area (Å²) in [6, 6.07) is 8.69. The third-order valence-corrected chi connectivity index (χ3v) is 5.50. The summed E-state index contributed by atoms with van der Waals surface area (Å²) < 4.78 is 2.18. The molecule has 1 aliphatic heterocycles.